The zero-order valence-corrected chi connectivity index (χ0v) is 15.5. The Morgan fingerprint density at radius 2 is 1.92 bits per heavy atom. The molecule has 1 N–H and O–H groups in total. The van der Waals surface area contributed by atoms with Gasteiger partial charge in [-0.05, 0) is 30.3 Å². The molecule has 1 amide bonds. The molecule has 0 aliphatic carbocycles. The Morgan fingerprint density at radius 1 is 1.12 bits per heavy atom. The molecule has 0 atom stereocenters. The lowest BCUT2D eigenvalue weighted by Crippen LogP contribution is -2.14. The number of anilines is 1. The van der Waals surface area contributed by atoms with E-state index in [1.54, 1.807) is 30.3 Å². The first kappa shape index (κ1) is 18.0. The first-order valence-electron chi connectivity index (χ1n) is 6.84. The number of hydrogen-bond acceptors (Lipinski definition) is 6. The zero-order chi connectivity index (χ0) is 17.8. The maximum absolute atomic E-state index is 11.9. The molecule has 0 aliphatic heterocycles. The van der Waals surface area contributed by atoms with Crippen molar-refractivity contribution < 1.29 is 9.21 Å². The first-order chi connectivity index (χ1) is 12.0. The number of aromatic nitrogens is 3. The van der Waals surface area contributed by atoms with E-state index in [1.807, 2.05) is 0 Å². The molecule has 6 nitrogen and oxygen atoms in total. The van der Waals surface area contributed by atoms with Crippen LogP contribution in [0.25, 0.3) is 11.5 Å². The molecular formula is C15H9Cl3N4O2S. The SMILES string of the molecule is O=C(CSc1nnc(-c2ccc(Cl)cc2Cl)o1)Nc1ccc(Cl)cn1. The van der Waals surface area contributed by atoms with Gasteiger partial charge in [0.1, 0.15) is 5.82 Å². The molecule has 10 heteroatoms. The second kappa shape index (κ2) is 8.05. The summed E-state index contributed by atoms with van der Waals surface area (Å²) in [6.07, 6.45) is 1.45. The minimum atomic E-state index is -0.260. The van der Waals surface area contributed by atoms with Crippen molar-refractivity contribution in [3.63, 3.8) is 0 Å². The number of rotatable bonds is 5. The lowest BCUT2D eigenvalue weighted by Gasteiger charge is -2.02. The summed E-state index contributed by atoms with van der Waals surface area (Å²) < 4.78 is 5.51. The van der Waals surface area contributed by atoms with E-state index in [9.17, 15) is 4.79 Å². The van der Waals surface area contributed by atoms with Gasteiger partial charge in [-0.25, -0.2) is 4.98 Å². The fourth-order valence-electron chi connectivity index (χ4n) is 1.80. The summed E-state index contributed by atoms with van der Waals surface area (Å²) in [6, 6.07) is 8.19. The van der Waals surface area contributed by atoms with Crippen LogP contribution in [0.2, 0.25) is 15.1 Å². The number of nitrogens with zero attached hydrogens (tertiary/aromatic N) is 3. The number of hydrogen-bond donors (Lipinski definition) is 1. The van der Waals surface area contributed by atoms with Crippen molar-refractivity contribution in [1.29, 1.82) is 0 Å². The van der Waals surface area contributed by atoms with E-state index in [0.717, 1.165) is 11.8 Å². The van der Waals surface area contributed by atoms with Crippen LogP contribution >= 0.6 is 46.6 Å². The topological polar surface area (TPSA) is 80.9 Å². The molecule has 0 aliphatic rings. The molecule has 2 aromatic heterocycles. The monoisotopic (exact) mass is 414 g/mol. The number of halogens is 3. The van der Waals surface area contributed by atoms with Crippen LogP contribution in [0, 0.1) is 0 Å². The maximum Gasteiger partial charge on any atom is 0.277 e. The van der Waals surface area contributed by atoms with Crippen molar-refractivity contribution >= 4 is 58.3 Å². The molecule has 3 rings (SSSR count). The predicted octanol–water partition coefficient (Wildman–Crippen LogP) is 4.82. The van der Waals surface area contributed by atoms with Crippen molar-refractivity contribution in [2.24, 2.45) is 0 Å². The highest BCUT2D eigenvalue weighted by molar-refractivity contribution is 7.99. The zero-order valence-electron chi connectivity index (χ0n) is 12.4. The van der Waals surface area contributed by atoms with Gasteiger partial charge >= 0.3 is 0 Å². The van der Waals surface area contributed by atoms with Crippen LogP contribution in [0.3, 0.4) is 0 Å². The third-order valence-electron chi connectivity index (χ3n) is 2.89. The van der Waals surface area contributed by atoms with Crippen molar-refractivity contribution in [3.8, 4) is 11.5 Å². The molecule has 0 spiro atoms. The molecule has 3 aromatic rings. The molecule has 128 valence electrons. The molecule has 0 radical (unpaired) electrons. The average Bonchev–Trinajstić information content (AvgIpc) is 3.04. The minimum Gasteiger partial charge on any atom is -0.411 e. The lowest BCUT2D eigenvalue weighted by molar-refractivity contribution is -0.113. The van der Waals surface area contributed by atoms with Crippen LogP contribution in [0.5, 0.6) is 0 Å². The van der Waals surface area contributed by atoms with Gasteiger partial charge in [0.15, 0.2) is 0 Å². The molecular weight excluding hydrogens is 407 g/mol. The third kappa shape index (κ3) is 4.85. The van der Waals surface area contributed by atoms with Crippen LogP contribution in [0.1, 0.15) is 0 Å². The second-order valence-corrected chi connectivity index (χ2v) is 6.90. The van der Waals surface area contributed by atoms with E-state index < -0.39 is 0 Å². The summed E-state index contributed by atoms with van der Waals surface area (Å²) in [5.41, 5.74) is 0.570. The van der Waals surface area contributed by atoms with E-state index in [-0.39, 0.29) is 22.8 Å². The number of benzene rings is 1. The van der Waals surface area contributed by atoms with E-state index in [4.69, 9.17) is 39.2 Å². The average molecular weight is 416 g/mol. The molecule has 0 saturated carbocycles. The minimum absolute atomic E-state index is 0.0836. The van der Waals surface area contributed by atoms with Crippen LogP contribution in [0.4, 0.5) is 5.82 Å². The van der Waals surface area contributed by atoms with Crippen LogP contribution in [-0.4, -0.2) is 26.8 Å². The number of amides is 1. The molecule has 0 saturated heterocycles. The van der Waals surface area contributed by atoms with Gasteiger partial charge < -0.3 is 9.73 Å². The quantitative estimate of drug-likeness (QED) is 0.602. The fourth-order valence-corrected chi connectivity index (χ4v) is 2.96. The number of pyridine rings is 1. The number of carbonyl (C=O) groups is 1. The first-order valence-corrected chi connectivity index (χ1v) is 8.96. The summed E-state index contributed by atoms with van der Waals surface area (Å²) in [6.45, 7) is 0. The Balaban J connectivity index is 1.59. The van der Waals surface area contributed by atoms with Crippen molar-refractivity contribution in [1.82, 2.24) is 15.2 Å². The van der Waals surface area contributed by atoms with E-state index in [2.05, 4.69) is 20.5 Å². The largest absolute Gasteiger partial charge is 0.411 e. The van der Waals surface area contributed by atoms with Gasteiger partial charge in [0, 0.05) is 11.2 Å². The van der Waals surface area contributed by atoms with E-state index in [0.29, 0.717) is 26.4 Å². The van der Waals surface area contributed by atoms with Crippen molar-refractivity contribution in [3.05, 3.63) is 51.6 Å². The highest BCUT2D eigenvalue weighted by Gasteiger charge is 2.14. The van der Waals surface area contributed by atoms with Gasteiger partial charge in [-0.2, -0.15) is 0 Å². The van der Waals surface area contributed by atoms with E-state index >= 15 is 0 Å². The summed E-state index contributed by atoms with van der Waals surface area (Å²) in [5.74, 6) is 0.488. The third-order valence-corrected chi connectivity index (χ3v) is 4.48. The Bertz CT molecular complexity index is 902. The molecule has 2 heterocycles. The van der Waals surface area contributed by atoms with Crippen LogP contribution < -0.4 is 5.32 Å². The number of nitrogens with one attached hydrogen (secondary N) is 1. The van der Waals surface area contributed by atoms with Gasteiger partial charge in [-0.1, -0.05) is 46.6 Å². The fraction of sp³-hybridized carbons (Fsp3) is 0.0667. The molecule has 1 aromatic carbocycles. The summed E-state index contributed by atoms with van der Waals surface area (Å²) >= 11 is 18.8. The highest BCUT2D eigenvalue weighted by Crippen LogP contribution is 2.31. The normalized spacial score (nSPS) is 10.7. The van der Waals surface area contributed by atoms with Crippen molar-refractivity contribution in [2.45, 2.75) is 5.22 Å². The van der Waals surface area contributed by atoms with Gasteiger partial charge in [-0.15, -0.1) is 10.2 Å². The Morgan fingerprint density at radius 3 is 2.64 bits per heavy atom. The Hall–Kier alpha value is -1.80. The van der Waals surface area contributed by atoms with Gasteiger partial charge in [0.25, 0.3) is 5.22 Å². The number of carbonyl (C=O) groups excluding carboxylic acids is 1. The highest BCUT2D eigenvalue weighted by atomic mass is 35.5. The van der Waals surface area contributed by atoms with E-state index in [1.165, 1.54) is 6.20 Å². The number of thioether (sulfide) groups is 1. The van der Waals surface area contributed by atoms with Gasteiger partial charge in [0.05, 0.1) is 21.4 Å². The smallest absolute Gasteiger partial charge is 0.277 e. The summed E-state index contributed by atoms with van der Waals surface area (Å²) in [5, 5.41) is 12.1. The Labute approximate surface area is 161 Å². The molecule has 0 bridgehead atoms. The standard InChI is InChI=1S/C15H9Cl3N4O2S/c16-8-1-3-10(11(18)5-8)14-21-22-15(24-14)25-7-13(23)20-12-4-2-9(17)6-19-12/h1-6H,7H2,(H,19,20,23). The molecule has 25 heavy (non-hydrogen) atoms. The summed E-state index contributed by atoms with van der Waals surface area (Å²) in [4.78, 5) is 15.9. The van der Waals surface area contributed by atoms with Crippen LogP contribution in [0.15, 0.2) is 46.2 Å². The summed E-state index contributed by atoms with van der Waals surface area (Å²) in [7, 11) is 0. The molecule has 0 unspecified atom stereocenters. The lowest BCUT2D eigenvalue weighted by atomic mass is 10.2. The van der Waals surface area contributed by atoms with Gasteiger partial charge in [-0.3, -0.25) is 4.79 Å². The molecule has 0 fully saturated rings. The van der Waals surface area contributed by atoms with Gasteiger partial charge in [0.2, 0.25) is 11.8 Å². The Kier molecular flexibility index (Phi) is 5.80. The second-order valence-electron chi connectivity index (χ2n) is 4.70. The maximum atomic E-state index is 11.9. The van der Waals surface area contributed by atoms with Crippen LogP contribution in [-0.2, 0) is 4.79 Å². The predicted molar refractivity (Wildman–Crippen MR) is 98.4 cm³/mol. The van der Waals surface area contributed by atoms with Crippen molar-refractivity contribution in [2.75, 3.05) is 11.1 Å².